The Labute approximate surface area is 186 Å². The third kappa shape index (κ3) is 3.32. The van der Waals surface area contributed by atoms with E-state index in [0.29, 0.717) is 12.3 Å². The lowest BCUT2D eigenvalue weighted by atomic mass is 9.90. The van der Waals surface area contributed by atoms with E-state index in [1.165, 1.54) is 18.5 Å². The molecule has 3 aliphatic rings. The molecule has 3 N–H and O–H groups in total. The zero-order valence-electron chi connectivity index (χ0n) is 18.1. The molecular formula is C25H27FN4O2. The number of aliphatic imine (C=N–C) groups is 2. The highest BCUT2D eigenvalue weighted by Gasteiger charge is 2.56. The average Bonchev–Trinajstić information content (AvgIpc) is 3.29. The third-order valence-electron chi connectivity index (χ3n) is 7.00. The summed E-state index contributed by atoms with van der Waals surface area (Å²) in [5.74, 6) is 0.178. The molecule has 32 heavy (non-hydrogen) atoms. The zero-order chi connectivity index (χ0) is 22.5. The van der Waals surface area contributed by atoms with E-state index in [4.69, 9.17) is 4.99 Å². The number of hydrogen-bond acceptors (Lipinski definition) is 6. The Balaban J connectivity index is 1.55. The van der Waals surface area contributed by atoms with E-state index >= 15 is 0 Å². The minimum absolute atomic E-state index is 0.0272. The summed E-state index contributed by atoms with van der Waals surface area (Å²) in [5.41, 5.74) is 2.14. The second kappa shape index (κ2) is 7.83. The number of fused-ring (bicyclic) bond motifs is 1. The Hall–Kier alpha value is -3.03. The van der Waals surface area contributed by atoms with Crippen LogP contribution in [0.5, 0.6) is 0 Å². The van der Waals surface area contributed by atoms with Crippen molar-refractivity contribution in [2.24, 2.45) is 21.8 Å². The van der Waals surface area contributed by atoms with E-state index in [1.54, 1.807) is 12.1 Å². The van der Waals surface area contributed by atoms with Crippen LogP contribution in [0, 0.1) is 17.7 Å². The predicted octanol–water partition coefficient (Wildman–Crippen LogP) is 3.50. The van der Waals surface area contributed by atoms with Gasteiger partial charge >= 0.3 is 0 Å². The molecule has 0 radical (unpaired) electrons. The van der Waals surface area contributed by atoms with Crippen LogP contribution in [0.4, 0.5) is 10.1 Å². The average molecular weight is 435 g/mol. The first-order valence-electron chi connectivity index (χ1n) is 10.9. The van der Waals surface area contributed by atoms with Crippen LogP contribution < -0.4 is 5.32 Å². The molecule has 1 fully saturated rings. The lowest BCUT2D eigenvalue weighted by molar-refractivity contribution is -0.0433. The Bertz CT molecular complexity index is 1080. The van der Waals surface area contributed by atoms with E-state index in [9.17, 15) is 14.6 Å². The Morgan fingerprint density at radius 3 is 2.47 bits per heavy atom. The molecule has 1 saturated carbocycles. The van der Waals surface area contributed by atoms with Crippen molar-refractivity contribution in [2.45, 2.75) is 44.2 Å². The second-order valence-corrected chi connectivity index (χ2v) is 9.13. The van der Waals surface area contributed by atoms with Gasteiger partial charge in [-0.25, -0.2) is 14.4 Å². The van der Waals surface area contributed by atoms with Crippen LogP contribution in [0.3, 0.4) is 0 Å². The normalized spacial score (nSPS) is 33.7. The van der Waals surface area contributed by atoms with Gasteiger partial charge < -0.3 is 20.4 Å². The van der Waals surface area contributed by atoms with Gasteiger partial charge in [-0.05, 0) is 54.7 Å². The van der Waals surface area contributed by atoms with Gasteiger partial charge in [0.1, 0.15) is 30.3 Å². The maximum Gasteiger partial charge on any atom is 0.137 e. The molecule has 6 atom stereocenters. The molecule has 0 spiro atoms. The molecule has 7 heteroatoms. The summed E-state index contributed by atoms with van der Waals surface area (Å²) in [6.45, 7) is 3.95. The van der Waals surface area contributed by atoms with Crippen LogP contribution in [0.1, 0.15) is 25.8 Å². The first-order valence-corrected chi connectivity index (χ1v) is 10.9. The van der Waals surface area contributed by atoms with Crippen molar-refractivity contribution >= 4 is 23.4 Å². The fourth-order valence-corrected chi connectivity index (χ4v) is 5.27. The predicted molar refractivity (Wildman–Crippen MR) is 124 cm³/mol. The van der Waals surface area contributed by atoms with Gasteiger partial charge in [0.2, 0.25) is 0 Å². The van der Waals surface area contributed by atoms with Crippen molar-refractivity contribution in [3.63, 3.8) is 0 Å². The smallest absolute Gasteiger partial charge is 0.137 e. The maximum absolute atomic E-state index is 13.4. The van der Waals surface area contributed by atoms with E-state index in [0.717, 1.165) is 16.8 Å². The zero-order valence-corrected chi connectivity index (χ0v) is 18.1. The molecule has 0 saturated heterocycles. The number of rotatable bonds is 3. The summed E-state index contributed by atoms with van der Waals surface area (Å²) in [5, 5.41) is 24.8. The minimum atomic E-state index is -0.896. The minimum Gasteiger partial charge on any atom is -0.390 e. The number of amidine groups is 1. The summed E-state index contributed by atoms with van der Waals surface area (Å²) in [7, 11) is 0. The topological polar surface area (TPSA) is 80.5 Å². The van der Waals surface area contributed by atoms with Crippen LogP contribution in [0.15, 0.2) is 70.8 Å². The van der Waals surface area contributed by atoms with E-state index in [2.05, 4.69) is 21.4 Å². The summed E-state index contributed by atoms with van der Waals surface area (Å²) >= 11 is 0. The molecule has 1 aliphatic carbocycles. The van der Waals surface area contributed by atoms with E-state index in [1.807, 2.05) is 44.2 Å². The lowest BCUT2D eigenvalue weighted by Gasteiger charge is -2.43. The highest BCUT2D eigenvalue weighted by atomic mass is 19.1. The van der Waals surface area contributed by atoms with Crippen molar-refractivity contribution in [2.75, 3.05) is 5.32 Å². The van der Waals surface area contributed by atoms with Gasteiger partial charge in [0, 0.05) is 11.9 Å². The summed E-state index contributed by atoms with van der Waals surface area (Å²) in [6, 6.07) is 16.2. The SMILES string of the molecule is C[C@H]1C[C@@](C)(N2C=C(c3ccccc3)C3C(Nc4ccc(F)cc4)=NC=NC32)C(O)C1O. The summed E-state index contributed by atoms with van der Waals surface area (Å²) < 4.78 is 13.4. The number of aliphatic hydroxyl groups excluding tert-OH is 2. The first kappa shape index (κ1) is 20.8. The van der Waals surface area contributed by atoms with Crippen molar-refractivity contribution in [3.05, 3.63) is 72.2 Å². The van der Waals surface area contributed by atoms with Crippen molar-refractivity contribution in [3.8, 4) is 0 Å². The standard InChI is InChI=1S/C25H27FN4O2/c1-15-12-25(2,22(32)21(15)31)30-13-19(16-6-4-3-5-7-16)20-23(27-14-28-24(20)30)29-18-10-8-17(26)9-11-18/h3-11,13-15,20-22,24,31-32H,12H2,1-2H3,(H,27,28,29)/t15-,20?,21?,22?,24?,25+/m0/s1. The highest BCUT2D eigenvalue weighted by Crippen LogP contribution is 2.48. The van der Waals surface area contributed by atoms with Gasteiger partial charge in [0.15, 0.2) is 0 Å². The molecule has 166 valence electrons. The van der Waals surface area contributed by atoms with Crippen LogP contribution in [-0.2, 0) is 0 Å². The molecule has 0 aromatic heterocycles. The molecule has 0 amide bonds. The van der Waals surface area contributed by atoms with Crippen LogP contribution in [-0.4, -0.2) is 51.2 Å². The fraction of sp³-hybridized carbons (Fsp3) is 0.360. The Morgan fingerprint density at radius 2 is 1.81 bits per heavy atom. The van der Waals surface area contributed by atoms with Crippen LogP contribution in [0.25, 0.3) is 5.57 Å². The lowest BCUT2D eigenvalue weighted by Crippen LogP contribution is -2.55. The second-order valence-electron chi connectivity index (χ2n) is 9.13. The monoisotopic (exact) mass is 434 g/mol. The van der Waals surface area contributed by atoms with Crippen LogP contribution in [0.2, 0.25) is 0 Å². The number of nitrogens with zero attached hydrogens (tertiary/aromatic N) is 3. The molecule has 2 aromatic carbocycles. The van der Waals surface area contributed by atoms with Gasteiger partial charge in [-0.15, -0.1) is 0 Å². The van der Waals surface area contributed by atoms with Crippen molar-refractivity contribution < 1.29 is 14.6 Å². The largest absolute Gasteiger partial charge is 0.390 e. The summed E-state index contributed by atoms with van der Waals surface area (Å²) in [6.07, 6.45) is 2.24. The highest BCUT2D eigenvalue weighted by molar-refractivity contribution is 6.09. The number of nitrogens with one attached hydrogen (secondary N) is 1. The summed E-state index contributed by atoms with van der Waals surface area (Å²) in [4.78, 5) is 11.3. The molecule has 2 aromatic rings. The molecule has 5 rings (SSSR count). The number of aliphatic hydroxyl groups is 2. The van der Waals surface area contributed by atoms with Gasteiger partial charge in [0.05, 0.1) is 17.6 Å². The molecule has 0 bridgehead atoms. The van der Waals surface area contributed by atoms with Crippen molar-refractivity contribution in [1.82, 2.24) is 4.90 Å². The molecular weight excluding hydrogens is 407 g/mol. The van der Waals surface area contributed by atoms with Gasteiger partial charge in [-0.3, -0.25) is 0 Å². The quantitative estimate of drug-likeness (QED) is 0.691. The molecule has 4 unspecified atom stereocenters. The molecule has 6 nitrogen and oxygen atoms in total. The van der Waals surface area contributed by atoms with E-state index in [-0.39, 0.29) is 23.8 Å². The maximum atomic E-state index is 13.4. The van der Waals surface area contributed by atoms with Gasteiger partial charge in [-0.1, -0.05) is 37.3 Å². The number of hydrogen-bond donors (Lipinski definition) is 3. The Morgan fingerprint density at radius 1 is 1.09 bits per heavy atom. The van der Waals surface area contributed by atoms with Gasteiger partial charge in [0.25, 0.3) is 0 Å². The molecule has 2 heterocycles. The van der Waals surface area contributed by atoms with Crippen LogP contribution >= 0.6 is 0 Å². The number of anilines is 1. The number of benzene rings is 2. The first-order chi connectivity index (χ1) is 15.4. The van der Waals surface area contributed by atoms with E-state index < -0.39 is 17.7 Å². The van der Waals surface area contributed by atoms with Crippen molar-refractivity contribution in [1.29, 1.82) is 0 Å². The Kier molecular flexibility index (Phi) is 5.10. The third-order valence-corrected chi connectivity index (χ3v) is 7.00. The fourth-order valence-electron chi connectivity index (χ4n) is 5.27. The van der Waals surface area contributed by atoms with Gasteiger partial charge in [-0.2, -0.15) is 0 Å². The molecule has 2 aliphatic heterocycles. The number of halogens is 1.